The molecule has 224 valence electrons. The average molecular weight is 613 g/mol. The van der Waals surface area contributed by atoms with Crippen LogP contribution in [0.1, 0.15) is 22.6 Å². The fourth-order valence-corrected chi connectivity index (χ4v) is 7.63. The van der Waals surface area contributed by atoms with Crippen molar-refractivity contribution in [2.45, 2.75) is 12.0 Å². The zero-order chi connectivity index (χ0) is 32.2. The number of allylic oxidation sites excluding steroid dienone is 2. The Morgan fingerprint density at radius 2 is 1.23 bits per heavy atom. The topological polar surface area (TPSA) is 55.8 Å². The van der Waals surface area contributed by atoms with Crippen molar-refractivity contribution in [1.82, 2.24) is 4.57 Å². The molecule has 0 radical (unpaired) electrons. The summed E-state index contributed by atoms with van der Waals surface area (Å²) in [5, 5.41) is 21.7. The van der Waals surface area contributed by atoms with Gasteiger partial charge < -0.3 is 9.47 Å². The van der Waals surface area contributed by atoms with Gasteiger partial charge >= 0.3 is 0 Å². The summed E-state index contributed by atoms with van der Waals surface area (Å²) in [5.41, 5.74) is 12.3. The lowest BCUT2D eigenvalue weighted by Crippen LogP contribution is -2.28. The van der Waals surface area contributed by atoms with Crippen LogP contribution in [0.5, 0.6) is 0 Å². The van der Waals surface area contributed by atoms with E-state index in [0.29, 0.717) is 17.0 Å². The number of anilines is 2. The van der Waals surface area contributed by atoms with Gasteiger partial charge in [-0.05, 0) is 89.0 Å². The SMILES string of the molecule is N#Cc1ccc(-n2c3ccccc3c3cc(C#N)ccc32)c(-c2cccc(-c3cccc(N4c5ccccc5C5C=CC=CC54)c3)c2)c1. The number of nitrogens with zero attached hydrogens (tertiary/aromatic N) is 4. The zero-order valence-electron chi connectivity index (χ0n) is 26.0. The van der Waals surface area contributed by atoms with E-state index in [1.807, 2.05) is 48.5 Å². The Morgan fingerprint density at radius 3 is 2.12 bits per heavy atom. The van der Waals surface area contributed by atoms with Crippen LogP contribution in [-0.4, -0.2) is 10.6 Å². The molecule has 0 fully saturated rings. The Hall–Kier alpha value is -6.62. The standard InChI is InChI=1S/C44H28N4/c45-27-29-19-21-43(48-42-18-6-3-15-37(42)39-24-30(28-46)20-22-44(39)48)38(23-29)33-11-7-9-31(25-33)32-10-8-12-34(26-32)47-40-16-4-1-13-35(40)36-14-2-5-17-41(36)47/h1-26,35,40H. The molecule has 2 unspecified atom stereocenters. The van der Waals surface area contributed by atoms with Crippen LogP contribution >= 0.6 is 0 Å². The molecule has 0 saturated carbocycles. The summed E-state index contributed by atoms with van der Waals surface area (Å²) in [5.74, 6) is 0.330. The number of hydrogen-bond acceptors (Lipinski definition) is 3. The fourth-order valence-electron chi connectivity index (χ4n) is 7.63. The largest absolute Gasteiger partial charge is 0.333 e. The van der Waals surface area contributed by atoms with Crippen LogP contribution in [0, 0.1) is 22.7 Å². The predicted molar refractivity (Wildman–Crippen MR) is 194 cm³/mol. The molecule has 0 bridgehead atoms. The Morgan fingerprint density at radius 1 is 0.521 bits per heavy atom. The number of benzene rings is 6. The molecule has 1 aromatic heterocycles. The van der Waals surface area contributed by atoms with Gasteiger partial charge in [-0.15, -0.1) is 0 Å². The highest BCUT2D eigenvalue weighted by Gasteiger charge is 2.37. The predicted octanol–water partition coefficient (Wildman–Crippen LogP) is 10.6. The molecule has 1 aliphatic heterocycles. The first-order chi connectivity index (χ1) is 23.7. The summed E-state index contributed by atoms with van der Waals surface area (Å²) in [6.45, 7) is 0. The van der Waals surface area contributed by atoms with Crippen molar-refractivity contribution in [3.63, 3.8) is 0 Å². The minimum Gasteiger partial charge on any atom is -0.333 e. The molecule has 7 aromatic rings. The second-order valence-electron chi connectivity index (χ2n) is 12.4. The van der Waals surface area contributed by atoms with E-state index in [1.54, 1.807) is 0 Å². The monoisotopic (exact) mass is 612 g/mol. The molecular weight excluding hydrogens is 585 g/mol. The van der Waals surface area contributed by atoms with Crippen LogP contribution in [0.25, 0.3) is 49.7 Å². The van der Waals surface area contributed by atoms with E-state index in [1.165, 1.54) is 11.3 Å². The summed E-state index contributed by atoms with van der Waals surface area (Å²) in [7, 11) is 0. The maximum absolute atomic E-state index is 9.95. The van der Waals surface area contributed by atoms with Gasteiger partial charge in [0.1, 0.15) is 0 Å². The highest BCUT2D eigenvalue weighted by molar-refractivity contribution is 6.10. The van der Waals surface area contributed by atoms with E-state index in [0.717, 1.165) is 55.4 Å². The number of para-hydroxylation sites is 2. The Kier molecular flexibility index (Phi) is 6.35. The van der Waals surface area contributed by atoms with Gasteiger partial charge in [0, 0.05) is 33.6 Å². The van der Waals surface area contributed by atoms with Gasteiger partial charge in [-0.3, -0.25) is 0 Å². The molecule has 9 rings (SSSR count). The smallest absolute Gasteiger partial charge is 0.0991 e. The second kappa shape index (κ2) is 11.0. The van der Waals surface area contributed by atoms with E-state index in [9.17, 15) is 10.5 Å². The average Bonchev–Trinajstić information content (AvgIpc) is 3.67. The van der Waals surface area contributed by atoms with E-state index in [-0.39, 0.29) is 6.04 Å². The molecule has 0 saturated heterocycles. The molecule has 1 aliphatic carbocycles. The Bertz CT molecular complexity index is 2570. The van der Waals surface area contributed by atoms with Crippen LogP contribution < -0.4 is 4.90 Å². The molecular formula is C44H28N4. The van der Waals surface area contributed by atoms with Crippen LogP contribution in [0.2, 0.25) is 0 Å². The van der Waals surface area contributed by atoms with Crippen molar-refractivity contribution in [3.05, 3.63) is 174 Å². The van der Waals surface area contributed by atoms with E-state index in [2.05, 4.69) is 131 Å². The molecule has 4 nitrogen and oxygen atoms in total. The van der Waals surface area contributed by atoms with E-state index < -0.39 is 0 Å². The van der Waals surface area contributed by atoms with Gasteiger partial charge in [0.25, 0.3) is 0 Å². The number of rotatable bonds is 4. The molecule has 2 heterocycles. The minimum absolute atomic E-state index is 0.237. The van der Waals surface area contributed by atoms with Crippen molar-refractivity contribution in [2.24, 2.45) is 0 Å². The van der Waals surface area contributed by atoms with Crippen molar-refractivity contribution in [3.8, 4) is 40.1 Å². The Balaban J connectivity index is 1.18. The summed E-state index contributed by atoms with van der Waals surface area (Å²) >= 11 is 0. The molecule has 0 spiro atoms. The van der Waals surface area contributed by atoms with Crippen molar-refractivity contribution >= 4 is 33.2 Å². The molecule has 48 heavy (non-hydrogen) atoms. The van der Waals surface area contributed by atoms with Crippen LogP contribution in [0.15, 0.2) is 158 Å². The first-order valence-corrected chi connectivity index (χ1v) is 16.1. The lowest BCUT2D eigenvalue weighted by atomic mass is 9.91. The van der Waals surface area contributed by atoms with Gasteiger partial charge in [-0.25, -0.2) is 0 Å². The molecule has 6 aromatic carbocycles. The van der Waals surface area contributed by atoms with Gasteiger partial charge in [0.2, 0.25) is 0 Å². The maximum Gasteiger partial charge on any atom is 0.0991 e. The van der Waals surface area contributed by atoms with Crippen molar-refractivity contribution < 1.29 is 0 Å². The van der Waals surface area contributed by atoms with Crippen LogP contribution in [0.3, 0.4) is 0 Å². The number of fused-ring (bicyclic) bond motifs is 6. The minimum atomic E-state index is 0.237. The molecule has 0 amide bonds. The van der Waals surface area contributed by atoms with Crippen LogP contribution in [-0.2, 0) is 0 Å². The summed E-state index contributed by atoms with van der Waals surface area (Å²) < 4.78 is 2.25. The third-order valence-electron chi connectivity index (χ3n) is 9.76. The second-order valence-corrected chi connectivity index (χ2v) is 12.4. The van der Waals surface area contributed by atoms with Gasteiger partial charge in [-0.1, -0.05) is 91.0 Å². The highest BCUT2D eigenvalue weighted by atomic mass is 15.2. The highest BCUT2D eigenvalue weighted by Crippen LogP contribution is 2.48. The number of nitriles is 2. The molecule has 2 atom stereocenters. The zero-order valence-corrected chi connectivity index (χ0v) is 26.0. The fraction of sp³-hybridized carbons (Fsp3) is 0.0455. The Labute approximate surface area is 279 Å². The van der Waals surface area contributed by atoms with Gasteiger partial charge in [0.15, 0.2) is 0 Å². The van der Waals surface area contributed by atoms with Gasteiger partial charge in [0.05, 0.1) is 46.0 Å². The summed E-state index contributed by atoms with van der Waals surface area (Å²) in [6, 6.07) is 51.1. The lowest BCUT2D eigenvalue weighted by Gasteiger charge is -2.29. The lowest BCUT2D eigenvalue weighted by molar-refractivity contribution is 0.745. The normalized spacial score (nSPS) is 16.1. The van der Waals surface area contributed by atoms with E-state index >= 15 is 0 Å². The van der Waals surface area contributed by atoms with Crippen molar-refractivity contribution in [1.29, 1.82) is 10.5 Å². The summed E-state index contributed by atoms with van der Waals surface area (Å²) in [4.78, 5) is 2.46. The quantitative estimate of drug-likeness (QED) is 0.199. The molecule has 0 N–H and O–H groups in total. The first kappa shape index (κ1) is 27.7. The van der Waals surface area contributed by atoms with Crippen LogP contribution in [0.4, 0.5) is 11.4 Å². The number of hydrogen-bond donors (Lipinski definition) is 0. The first-order valence-electron chi connectivity index (χ1n) is 16.1. The summed E-state index contributed by atoms with van der Waals surface area (Å²) in [6.07, 6.45) is 8.92. The third-order valence-corrected chi connectivity index (χ3v) is 9.76. The van der Waals surface area contributed by atoms with E-state index in [4.69, 9.17) is 0 Å². The maximum atomic E-state index is 9.95. The van der Waals surface area contributed by atoms with Crippen molar-refractivity contribution in [2.75, 3.05) is 4.90 Å². The molecule has 4 heteroatoms. The van der Waals surface area contributed by atoms with Gasteiger partial charge in [-0.2, -0.15) is 10.5 Å². The number of aromatic nitrogens is 1. The third kappa shape index (κ3) is 4.28. The molecule has 2 aliphatic rings.